The molecule has 1 aliphatic carbocycles. The van der Waals surface area contributed by atoms with Crippen molar-refractivity contribution >= 4 is 25.8 Å². The van der Waals surface area contributed by atoms with E-state index in [1.807, 2.05) is 4.90 Å². The van der Waals surface area contributed by atoms with Gasteiger partial charge in [0, 0.05) is 38.3 Å². The Kier molecular flexibility index (Phi) is 5.90. The van der Waals surface area contributed by atoms with E-state index >= 15 is 0 Å². The van der Waals surface area contributed by atoms with Crippen molar-refractivity contribution in [3.05, 3.63) is 30.1 Å². The van der Waals surface area contributed by atoms with Gasteiger partial charge in [0.05, 0.1) is 18.1 Å². The summed E-state index contributed by atoms with van der Waals surface area (Å²) in [7, 11) is -7.00. The highest BCUT2D eigenvalue weighted by Gasteiger charge is 2.42. The summed E-state index contributed by atoms with van der Waals surface area (Å²) in [5.74, 6) is -0.711. The fourth-order valence-corrected chi connectivity index (χ4v) is 7.45. The molecule has 0 radical (unpaired) electrons. The lowest BCUT2D eigenvalue weighted by molar-refractivity contribution is -0.135. The highest BCUT2D eigenvalue weighted by atomic mass is 32.2. The number of halogens is 1. The number of carbonyl (C=O) groups is 1. The van der Waals surface area contributed by atoms with Crippen LogP contribution in [0.1, 0.15) is 19.3 Å². The molecule has 0 bridgehead atoms. The van der Waals surface area contributed by atoms with Gasteiger partial charge in [-0.2, -0.15) is 4.31 Å². The lowest BCUT2D eigenvalue weighted by atomic mass is 10.2. The Bertz CT molecular complexity index is 1020. The summed E-state index contributed by atoms with van der Waals surface area (Å²) >= 11 is 0. The van der Waals surface area contributed by atoms with Crippen molar-refractivity contribution in [1.82, 2.24) is 14.1 Å². The Morgan fingerprint density at radius 2 is 1.73 bits per heavy atom. The third-order valence-corrected chi connectivity index (χ3v) is 9.66. The van der Waals surface area contributed by atoms with Crippen LogP contribution in [-0.4, -0.2) is 93.2 Å². The highest BCUT2D eigenvalue weighted by molar-refractivity contribution is 7.91. The summed E-state index contributed by atoms with van der Waals surface area (Å²) < 4.78 is 64.3. The van der Waals surface area contributed by atoms with Crippen molar-refractivity contribution in [1.29, 1.82) is 0 Å². The van der Waals surface area contributed by atoms with Crippen molar-refractivity contribution in [3.8, 4) is 0 Å². The molecule has 1 amide bonds. The molecule has 3 aliphatic rings. The van der Waals surface area contributed by atoms with Crippen LogP contribution >= 0.6 is 0 Å². The molecule has 3 fully saturated rings. The number of sulfonamides is 1. The standard InChI is InChI=1S/C19H26FN3O5S2/c20-17-3-1-2-4-18(17)30(27,28)22-10-8-21(9-11-22)13-19(24)23(15-5-6-15)16-7-12-29(25,26)14-16/h1-4,15-16H,5-14H2/t16-/m1/s1. The lowest BCUT2D eigenvalue weighted by Gasteiger charge is -2.36. The summed E-state index contributed by atoms with van der Waals surface area (Å²) in [6.07, 6.45) is 2.28. The van der Waals surface area contributed by atoms with E-state index in [-0.39, 0.29) is 54.0 Å². The van der Waals surface area contributed by atoms with Gasteiger partial charge in [0.15, 0.2) is 9.84 Å². The molecule has 0 aromatic heterocycles. The molecule has 2 heterocycles. The monoisotopic (exact) mass is 459 g/mol. The maximum atomic E-state index is 14.0. The summed E-state index contributed by atoms with van der Waals surface area (Å²) in [5, 5.41) is 0. The third kappa shape index (κ3) is 4.53. The van der Waals surface area contributed by atoms with Crippen LogP contribution in [0, 0.1) is 5.82 Å². The minimum Gasteiger partial charge on any atom is -0.335 e. The number of rotatable bonds is 6. The minimum absolute atomic E-state index is 0.0316. The zero-order chi connectivity index (χ0) is 21.5. The lowest BCUT2D eigenvalue weighted by Crippen LogP contribution is -2.53. The molecule has 2 aliphatic heterocycles. The van der Waals surface area contributed by atoms with Crippen molar-refractivity contribution in [2.24, 2.45) is 0 Å². The molecule has 0 unspecified atom stereocenters. The smallest absolute Gasteiger partial charge is 0.246 e. The van der Waals surface area contributed by atoms with Gasteiger partial charge in [-0.25, -0.2) is 21.2 Å². The van der Waals surface area contributed by atoms with Gasteiger partial charge in [0.2, 0.25) is 15.9 Å². The molecule has 0 spiro atoms. The number of nitrogens with zero attached hydrogens (tertiary/aromatic N) is 3. The Morgan fingerprint density at radius 3 is 2.30 bits per heavy atom. The average molecular weight is 460 g/mol. The molecule has 1 atom stereocenters. The molecule has 1 saturated carbocycles. The molecule has 30 heavy (non-hydrogen) atoms. The van der Waals surface area contributed by atoms with Crippen LogP contribution in [-0.2, 0) is 24.7 Å². The number of sulfone groups is 1. The quantitative estimate of drug-likeness (QED) is 0.608. The van der Waals surface area contributed by atoms with Crippen molar-refractivity contribution in [2.45, 2.75) is 36.2 Å². The maximum absolute atomic E-state index is 14.0. The van der Waals surface area contributed by atoms with E-state index in [4.69, 9.17) is 0 Å². The first kappa shape index (κ1) is 21.7. The predicted octanol–water partition coefficient (Wildman–Crippen LogP) is 0.310. The number of hydrogen-bond acceptors (Lipinski definition) is 6. The molecule has 1 aromatic rings. The summed E-state index contributed by atoms with van der Waals surface area (Å²) in [5.41, 5.74) is 0. The van der Waals surface area contributed by atoms with E-state index < -0.39 is 25.7 Å². The first-order valence-electron chi connectivity index (χ1n) is 10.2. The van der Waals surface area contributed by atoms with Gasteiger partial charge in [-0.1, -0.05) is 12.1 Å². The van der Waals surface area contributed by atoms with Crippen LogP contribution in [0.3, 0.4) is 0 Å². The summed E-state index contributed by atoms with van der Waals surface area (Å²) in [6.45, 7) is 1.21. The Labute approximate surface area is 176 Å². The van der Waals surface area contributed by atoms with Gasteiger partial charge >= 0.3 is 0 Å². The fraction of sp³-hybridized carbons (Fsp3) is 0.632. The van der Waals surface area contributed by atoms with E-state index in [1.165, 1.54) is 22.5 Å². The van der Waals surface area contributed by atoms with Crippen LogP contribution in [0.4, 0.5) is 4.39 Å². The zero-order valence-electron chi connectivity index (χ0n) is 16.6. The van der Waals surface area contributed by atoms with Gasteiger partial charge in [0.25, 0.3) is 0 Å². The van der Waals surface area contributed by atoms with Gasteiger partial charge < -0.3 is 4.90 Å². The molecule has 166 valence electrons. The zero-order valence-corrected chi connectivity index (χ0v) is 18.2. The number of hydrogen-bond donors (Lipinski definition) is 0. The van der Waals surface area contributed by atoms with E-state index in [2.05, 4.69) is 0 Å². The normalized spacial score (nSPS) is 25.3. The molecule has 2 saturated heterocycles. The number of carbonyl (C=O) groups excluding carboxylic acids is 1. The van der Waals surface area contributed by atoms with Crippen LogP contribution in [0.15, 0.2) is 29.2 Å². The topological polar surface area (TPSA) is 95.1 Å². The van der Waals surface area contributed by atoms with E-state index in [0.29, 0.717) is 19.5 Å². The molecular weight excluding hydrogens is 433 g/mol. The fourth-order valence-electron chi connectivity index (χ4n) is 4.25. The highest BCUT2D eigenvalue weighted by Crippen LogP contribution is 2.32. The second kappa shape index (κ2) is 8.18. The largest absolute Gasteiger partial charge is 0.335 e. The molecule has 8 nitrogen and oxygen atoms in total. The molecule has 0 N–H and O–H groups in total. The molecule has 1 aromatic carbocycles. The summed E-state index contributed by atoms with van der Waals surface area (Å²) in [6, 6.07) is 5.18. The predicted molar refractivity (Wildman–Crippen MR) is 109 cm³/mol. The molecule has 11 heteroatoms. The molecular formula is C19H26FN3O5S2. The first-order valence-corrected chi connectivity index (χ1v) is 13.4. The van der Waals surface area contributed by atoms with Crippen molar-refractivity contribution < 1.29 is 26.0 Å². The maximum Gasteiger partial charge on any atom is 0.246 e. The minimum atomic E-state index is -3.92. The van der Waals surface area contributed by atoms with E-state index in [0.717, 1.165) is 18.9 Å². The van der Waals surface area contributed by atoms with Gasteiger partial charge in [-0.05, 0) is 31.4 Å². The van der Waals surface area contributed by atoms with Gasteiger partial charge in [0.1, 0.15) is 10.7 Å². The van der Waals surface area contributed by atoms with Crippen molar-refractivity contribution in [2.75, 3.05) is 44.2 Å². The molecule has 4 rings (SSSR count). The van der Waals surface area contributed by atoms with Gasteiger partial charge in [-0.15, -0.1) is 0 Å². The number of amides is 1. The average Bonchev–Trinajstić information content (AvgIpc) is 3.45. The van der Waals surface area contributed by atoms with Crippen LogP contribution in [0.5, 0.6) is 0 Å². The Hall–Kier alpha value is -1.56. The Morgan fingerprint density at radius 1 is 1.07 bits per heavy atom. The van der Waals surface area contributed by atoms with Gasteiger partial charge in [-0.3, -0.25) is 9.69 Å². The van der Waals surface area contributed by atoms with Crippen LogP contribution < -0.4 is 0 Å². The first-order chi connectivity index (χ1) is 14.2. The summed E-state index contributed by atoms with van der Waals surface area (Å²) in [4.78, 5) is 16.2. The van der Waals surface area contributed by atoms with E-state index in [9.17, 15) is 26.0 Å². The SMILES string of the molecule is O=C(CN1CCN(S(=O)(=O)c2ccccc2F)CC1)N(C1CC1)[C@@H]1CCS(=O)(=O)C1. The van der Waals surface area contributed by atoms with Crippen LogP contribution in [0.25, 0.3) is 0 Å². The number of piperazine rings is 1. The van der Waals surface area contributed by atoms with E-state index in [1.54, 1.807) is 4.90 Å². The van der Waals surface area contributed by atoms with Crippen LogP contribution in [0.2, 0.25) is 0 Å². The third-order valence-electron chi connectivity index (χ3n) is 5.97. The second-order valence-electron chi connectivity index (χ2n) is 8.20. The second-order valence-corrected chi connectivity index (χ2v) is 12.3. The van der Waals surface area contributed by atoms with Crippen molar-refractivity contribution in [3.63, 3.8) is 0 Å². The number of benzene rings is 1. The Balaban J connectivity index is 1.36.